The highest BCUT2D eigenvalue weighted by atomic mass is 16.5. The van der Waals surface area contributed by atoms with Crippen LogP contribution in [0, 0.1) is 11.8 Å². The maximum atomic E-state index is 12.9. The minimum Gasteiger partial charge on any atom is -0.545 e. The van der Waals surface area contributed by atoms with Gasteiger partial charge in [0.2, 0.25) is 0 Å². The summed E-state index contributed by atoms with van der Waals surface area (Å²) >= 11 is 0. The van der Waals surface area contributed by atoms with Gasteiger partial charge in [0.25, 0.3) is 0 Å². The fourth-order valence-corrected chi connectivity index (χ4v) is 4.85. The molecule has 0 aromatic heterocycles. The van der Waals surface area contributed by atoms with Crippen LogP contribution in [0.3, 0.4) is 0 Å². The number of likely N-dealkylation sites (tertiary alicyclic amines) is 1. The summed E-state index contributed by atoms with van der Waals surface area (Å²) in [6.07, 6.45) is 4.96. The number of fused-ring (bicyclic) bond motifs is 1. The van der Waals surface area contributed by atoms with Crippen molar-refractivity contribution in [2.45, 2.75) is 32.2 Å². The molecule has 1 aliphatic carbocycles. The predicted octanol–water partition coefficient (Wildman–Crippen LogP) is 1.40. The van der Waals surface area contributed by atoms with Crippen LogP contribution in [-0.2, 0) is 22.6 Å². The van der Waals surface area contributed by atoms with E-state index in [0.29, 0.717) is 29.6 Å². The molecule has 1 fully saturated rings. The van der Waals surface area contributed by atoms with Crippen LogP contribution < -0.4 is 19.7 Å². The summed E-state index contributed by atoms with van der Waals surface area (Å²) in [4.78, 5) is 34.3. The van der Waals surface area contributed by atoms with Crippen molar-refractivity contribution < 1.29 is 34.1 Å². The molecule has 1 saturated heterocycles. The molecule has 192 valence electrons. The van der Waals surface area contributed by atoms with Crippen LogP contribution in [-0.4, -0.2) is 49.9 Å². The molecule has 1 atom stereocenters. The zero-order valence-corrected chi connectivity index (χ0v) is 20.6. The van der Waals surface area contributed by atoms with Crippen LogP contribution in [0.15, 0.2) is 54.6 Å². The lowest BCUT2D eigenvalue weighted by molar-refractivity contribution is -0.301. The van der Waals surface area contributed by atoms with Gasteiger partial charge < -0.3 is 29.3 Å². The van der Waals surface area contributed by atoms with Gasteiger partial charge in [0.1, 0.15) is 0 Å². The van der Waals surface area contributed by atoms with E-state index in [-0.39, 0.29) is 11.7 Å². The van der Waals surface area contributed by atoms with E-state index in [4.69, 9.17) is 9.47 Å². The smallest absolute Gasteiger partial charge is 0.166 e. The highest BCUT2D eigenvalue weighted by Crippen LogP contribution is 2.39. The second kappa shape index (κ2) is 12.9. The Morgan fingerprint density at radius 1 is 0.972 bits per heavy atom. The number of aliphatic carboxylic acids is 2. The monoisotopic (exact) mass is 493 g/mol. The Balaban J connectivity index is 0.000000392. The summed E-state index contributed by atoms with van der Waals surface area (Å²) < 4.78 is 10.8. The van der Waals surface area contributed by atoms with E-state index in [1.807, 2.05) is 12.1 Å². The average Bonchev–Trinajstić information content (AvgIpc) is 3.18. The van der Waals surface area contributed by atoms with Crippen molar-refractivity contribution in [3.8, 4) is 11.5 Å². The number of nitrogens with zero attached hydrogens (tertiary/aromatic N) is 1. The summed E-state index contributed by atoms with van der Waals surface area (Å²) in [6, 6.07) is 14.5. The van der Waals surface area contributed by atoms with Crippen LogP contribution in [0.4, 0.5) is 0 Å². The Hall–Kier alpha value is -3.65. The van der Waals surface area contributed by atoms with Crippen molar-refractivity contribution in [1.29, 1.82) is 0 Å². The zero-order valence-electron chi connectivity index (χ0n) is 20.6. The number of carboxylic acids is 2. The Labute approximate surface area is 211 Å². The van der Waals surface area contributed by atoms with Gasteiger partial charge >= 0.3 is 0 Å². The molecule has 1 unspecified atom stereocenters. The van der Waals surface area contributed by atoms with Gasteiger partial charge in [-0.05, 0) is 80.1 Å². The standard InChI is InChI=1S/C24H29NO3.C4H4O4/c1-27-22-14-19-13-20(24(26)21(19)15-23(22)28-2)12-17-8-10-25(11-9-17)16-18-6-4-3-5-7-18;5-3(6)1-2-4(7)8/h3-7,14-15,17,20H,8-13,16H2,1-2H3;1-2H,(H,5,6)(H,7,8)/p-2/b;2-1-. The molecule has 0 saturated carbocycles. The summed E-state index contributed by atoms with van der Waals surface area (Å²) in [5.74, 6) is -0.712. The number of carbonyl (C=O) groups is 3. The third kappa shape index (κ3) is 7.42. The van der Waals surface area contributed by atoms with Crippen molar-refractivity contribution >= 4 is 17.7 Å². The molecule has 1 aliphatic heterocycles. The van der Waals surface area contributed by atoms with Crippen molar-refractivity contribution in [2.75, 3.05) is 27.3 Å². The fourth-order valence-electron chi connectivity index (χ4n) is 4.85. The maximum absolute atomic E-state index is 12.9. The molecule has 0 bridgehead atoms. The molecule has 0 radical (unpaired) electrons. The molecule has 2 aromatic rings. The average molecular weight is 494 g/mol. The minimum atomic E-state index is -1.55. The molecule has 4 rings (SSSR count). The van der Waals surface area contributed by atoms with E-state index in [9.17, 15) is 24.6 Å². The van der Waals surface area contributed by atoms with E-state index >= 15 is 0 Å². The number of ether oxygens (including phenoxy) is 2. The van der Waals surface area contributed by atoms with Gasteiger partial charge in [-0.2, -0.15) is 0 Å². The van der Waals surface area contributed by atoms with E-state index in [0.717, 1.165) is 43.6 Å². The topological polar surface area (TPSA) is 119 Å². The number of rotatable bonds is 8. The van der Waals surface area contributed by atoms with Crippen molar-refractivity contribution in [1.82, 2.24) is 4.90 Å². The molecule has 2 aliphatic rings. The van der Waals surface area contributed by atoms with Crippen molar-refractivity contribution in [3.05, 3.63) is 71.3 Å². The molecular formula is C28H31NO7-2. The molecule has 0 N–H and O–H groups in total. The first-order valence-electron chi connectivity index (χ1n) is 12.0. The summed E-state index contributed by atoms with van der Waals surface area (Å²) in [5.41, 5.74) is 3.31. The Bertz CT molecular complexity index is 1070. The van der Waals surface area contributed by atoms with Crippen molar-refractivity contribution in [2.24, 2.45) is 11.8 Å². The molecule has 2 aromatic carbocycles. The first-order valence-corrected chi connectivity index (χ1v) is 12.0. The summed E-state index contributed by atoms with van der Waals surface area (Å²) in [6.45, 7) is 3.27. The van der Waals surface area contributed by atoms with Gasteiger partial charge in [-0.3, -0.25) is 9.69 Å². The van der Waals surface area contributed by atoms with E-state index < -0.39 is 11.9 Å². The first kappa shape index (κ1) is 26.9. The number of piperidine rings is 1. The minimum absolute atomic E-state index is 0.109. The number of ketones is 1. The van der Waals surface area contributed by atoms with Crippen LogP contribution >= 0.6 is 0 Å². The van der Waals surface area contributed by atoms with Gasteiger partial charge in [0.15, 0.2) is 17.3 Å². The predicted molar refractivity (Wildman–Crippen MR) is 129 cm³/mol. The lowest BCUT2D eigenvalue weighted by atomic mass is 9.85. The third-order valence-corrected chi connectivity index (χ3v) is 6.64. The van der Waals surface area contributed by atoms with Crippen LogP contribution in [0.25, 0.3) is 0 Å². The number of carboxylic acid groups (broad SMARTS) is 2. The molecular weight excluding hydrogens is 462 g/mol. The maximum Gasteiger partial charge on any atom is 0.166 e. The van der Waals surface area contributed by atoms with Gasteiger partial charge in [-0.1, -0.05) is 30.3 Å². The third-order valence-electron chi connectivity index (χ3n) is 6.64. The van der Waals surface area contributed by atoms with Gasteiger partial charge in [-0.15, -0.1) is 0 Å². The van der Waals surface area contributed by atoms with Crippen LogP contribution in [0.1, 0.15) is 40.7 Å². The number of Topliss-reactive ketones (excluding diaryl/α,β-unsaturated/α-hetero) is 1. The molecule has 8 nitrogen and oxygen atoms in total. The lowest BCUT2D eigenvalue weighted by Gasteiger charge is -2.32. The lowest BCUT2D eigenvalue weighted by Crippen LogP contribution is -2.34. The highest BCUT2D eigenvalue weighted by Gasteiger charge is 2.34. The quantitative estimate of drug-likeness (QED) is 0.507. The van der Waals surface area contributed by atoms with Crippen molar-refractivity contribution in [3.63, 3.8) is 0 Å². The fraction of sp³-hybridized carbons (Fsp3) is 0.393. The second-order valence-corrected chi connectivity index (χ2v) is 9.04. The number of hydrogen-bond donors (Lipinski definition) is 0. The van der Waals surface area contributed by atoms with Gasteiger partial charge in [0, 0.05) is 18.0 Å². The highest BCUT2D eigenvalue weighted by molar-refractivity contribution is 6.02. The van der Waals surface area contributed by atoms with Gasteiger partial charge in [0.05, 0.1) is 26.2 Å². The largest absolute Gasteiger partial charge is 0.545 e. The number of carbonyl (C=O) groups excluding carboxylic acids is 3. The summed E-state index contributed by atoms with van der Waals surface area (Å²) in [5, 5.41) is 18.8. The molecule has 0 amide bonds. The molecule has 1 heterocycles. The van der Waals surface area contributed by atoms with Crippen LogP contribution in [0.5, 0.6) is 11.5 Å². The Kier molecular flexibility index (Phi) is 9.64. The van der Waals surface area contributed by atoms with Crippen LogP contribution in [0.2, 0.25) is 0 Å². The Morgan fingerprint density at radius 2 is 1.56 bits per heavy atom. The Morgan fingerprint density at radius 3 is 2.11 bits per heavy atom. The summed E-state index contributed by atoms with van der Waals surface area (Å²) in [7, 11) is 3.26. The van der Waals surface area contributed by atoms with E-state index in [1.54, 1.807) is 14.2 Å². The SMILES string of the molecule is COc1cc2c(cc1OC)C(=O)C(CC1CCN(Cc3ccccc3)CC1)C2.O=C([O-])/C=C\C(=O)[O-]. The molecule has 0 spiro atoms. The van der Waals surface area contributed by atoms with E-state index in [1.165, 1.54) is 18.4 Å². The second-order valence-electron chi connectivity index (χ2n) is 9.04. The zero-order chi connectivity index (χ0) is 26.1. The normalized spacial score (nSPS) is 17.8. The number of benzene rings is 2. The van der Waals surface area contributed by atoms with E-state index in [2.05, 4.69) is 35.2 Å². The number of hydrogen-bond acceptors (Lipinski definition) is 8. The first-order chi connectivity index (χ1) is 17.3. The number of methoxy groups -OCH3 is 2. The molecule has 36 heavy (non-hydrogen) atoms. The molecule has 8 heteroatoms. The van der Waals surface area contributed by atoms with Gasteiger partial charge in [-0.25, -0.2) is 0 Å².